The van der Waals surface area contributed by atoms with Gasteiger partial charge < -0.3 is 10.5 Å². The minimum Gasteiger partial charge on any atom is -0.463 e. The summed E-state index contributed by atoms with van der Waals surface area (Å²) in [4.78, 5) is 8.44. The van der Waals surface area contributed by atoms with Crippen molar-refractivity contribution in [2.75, 3.05) is 18.1 Å². The summed E-state index contributed by atoms with van der Waals surface area (Å²) in [5.74, 6) is -0.152. The highest BCUT2D eigenvalue weighted by molar-refractivity contribution is 7.99. The molecule has 100 valence electrons. The molecule has 0 bridgehead atoms. The monoisotopic (exact) mass is 299 g/mol. The van der Waals surface area contributed by atoms with Gasteiger partial charge in [0.15, 0.2) is 11.6 Å². The Kier molecular flexibility index (Phi) is 4.81. The predicted octanol–water partition coefficient (Wildman–Crippen LogP) is 3.02. The van der Waals surface area contributed by atoms with Crippen LogP contribution < -0.4 is 10.5 Å². The van der Waals surface area contributed by atoms with E-state index in [1.165, 1.54) is 0 Å². The van der Waals surface area contributed by atoms with E-state index in [0.717, 1.165) is 11.1 Å². The Balaban J connectivity index is 1.77. The summed E-state index contributed by atoms with van der Waals surface area (Å²) < 4.78 is 18.1. The summed E-state index contributed by atoms with van der Waals surface area (Å²) in [6, 6.07) is 7.59. The molecule has 1 aromatic heterocycles. The first-order chi connectivity index (χ1) is 9.15. The molecular formula is C12H11ClFN3OS. The van der Waals surface area contributed by atoms with Gasteiger partial charge in [0.05, 0.1) is 6.20 Å². The Morgan fingerprint density at radius 2 is 2.05 bits per heavy atom. The lowest BCUT2D eigenvalue weighted by Crippen LogP contribution is -2.05. The van der Waals surface area contributed by atoms with Gasteiger partial charge in [-0.1, -0.05) is 11.6 Å². The van der Waals surface area contributed by atoms with Crippen LogP contribution in [0.5, 0.6) is 6.01 Å². The molecule has 0 saturated carbocycles. The second kappa shape index (κ2) is 6.58. The molecule has 0 aliphatic carbocycles. The smallest absolute Gasteiger partial charge is 0.318 e. The number of rotatable bonds is 5. The highest BCUT2D eigenvalue weighted by atomic mass is 35.5. The third kappa shape index (κ3) is 4.25. The van der Waals surface area contributed by atoms with Crippen LogP contribution in [0.3, 0.4) is 0 Å². The fourth-order valence-corrected chi connectivity index (χ4v) is 2.11. The second-order valence-electron chi connectivity index (χ2n) is 3.54. The van der Waals surface area contributed by atoms with Gasteiger partial charge >= 0.3 is 6.01 Å². The molecule has 1 aromatic carbocycles. The van der Waals surface area contributed by atoms with Gasteiger partial charge in [0.25, 0.3) is 0 Å². The highest BCUT2D eigenvalue weighted by Crippen LogP contribution is 2.20. The molecule has 2 N–H and O–H groups in total. The SMILES string of the molecule is Nc1nc(OCCSc2ccc(Cl)cc2)ncc1F. The third-order valence-corrected chi connectivity index (χ3v) is 3.37. The van der Waals surface area contributed by atoms with Crippen LogP contribution in [0, 0.1) is 5.82 Å². The molecule has 0 radical (unpaired) electrons. The van der Waals surface area contributed by atoms with Gasteiger partial charge in [0.2, 0.25) is 0 Å². The van der Waals surface area contributed by atoms with Gasteiger partial charge in [-0.2, -0.15) is 4.98 Å². The van der Waals surface area contributed by atoms with Crippen molar-refractivity contribution in [2.45, 2.75) is 4.90 Å². The molecular weight excluding hydrogens is 289 g/mol. The van der Waals surface area contributed by atoms with Crippen molar-refractivity contribution in [2.24, 2.45) is 0 Å². The van der Waals surface area contributed by atoms with E-state index >= 15 is 0 Å². The van der Waals surface area contributed by atoms with Gasteiger partial charge in [0.1, 0.15) is 6.61 Å². The van der Waals surface area contributed by atoms with Crippen LogP contribution in [0.15, 0.2) is 35.4 Å². The van der Waals surface area contributed by atoms with Crippen molar-refractivity contribution >= 4 is 29.2 Å². The average Bonchev–Trinajstić information content (AvgIpc) is 2.41. The summed E-state index contributed by atoms with van der Waals surface area (Å²) in [6.07, 6.45) is 0.990. The van der Waals surface area contributed by atoms with Crippen molar-refractivity contribution in [1.29, 1.82) is 0 Å². The van der Waals surface area contributed by atoms with Crippen LogP contribution in [0.2, 0.25) is 5.02 Å². The minimum absolute atomic E-state index is 0.0793. The molecule has 19 heavy (non-hydrogen) atoms. The fraction of sp³-hybridized carbons (Fsp3) is 0.167. The molecule has 1 heterocycles. The number of nitrogen functional groups attached to an aromatic ring is 1. The number of aromatic nitrogens is 2. The summed E-state index contributed by atoms with van der Waals surface area (Å²) in [5.41, 5.74) is 5.31. The van der Waals surface area contributed by atoms with E-state index in [4.69, 9.17) is 22.1 Å². The van der Waals surface area contributed by atoms with Crippen molar-refractivity contribution in [3.05, 3.63) is 41.3 Å². The highest BCUT2D eigenvalue weighted by Gasteiger charge is 2.04. The van der Waals surface area contributed by atoms with Crippen molar-refractivity contribution in [1.82, 2.24) is 9.97 Å². The number of hydrogen-bond donors (Lipinski definition) is 1. The van der Waals surface area contributed by atoms with Gasteiger partial charge in [-0.3, -0.25) is 0 Å². The van der Waals surface area contributed by atoms with Crippen LogP contribution in [0.1, 0.15) is 0 Å². The minimum atomic E-state index is -0.650. The standard InChI is InChI=1S/C12H11ClFN3OS/c13-8-1-3-9(4-2-8)19-6-5-18-12-16-7-10(14)11(15)17-12/h1-4,7H,5-6H2,(H2,15,16,17). The molecule has 7 heteroatoms. The number of benzene rings is 1. The summed E-state index contributed by atoms with van der Waals surface area (Å²) in [5, 5.41) is 0.704. The zero-order valence-electron chi connectivity index (χ0n) is 9.85. The number of anilines is 1. The number of halogens is 2. The van der Waals surface area contributed by atoms with E-state index in [9.17, 15) is 4.39 Å². The Bertz CT molecular complexity index is 553. The first-order valence-corrected chi connectivity index (χ1v) is 6.80. The van der Waals surface area contributed by atoms with Crippen LogP contribution in [0.25, 0.3) is 0 Å². The van der Waals surface area contributed by atoms with Crippen molar-refractivity contribution in [3.8, 4) is 6.01 Å². The first-order valence-electron chi connectivity index (χ1n) is 5.44. The molecule has 0 amide bonds. The van der Waals surface area contributed by atoms with Crippen molar-refractivity contribution in [3.63, 3.8) is 0 Å². The van der Waals surface area contributed by atoms with E-state index in [0.29, 0.717) is 17.4 Å². The van der Waals surface area contributed by atoms with E-state index < -0.39 is 5.82 Å². The zero-order chi connectivity index (χ0) is 13.7. The zero-order valence-corrected chi connectivity index (χ0v) is 11.4. The summed E-state index contributed by atoms with van der Waals surface area (Å²) >= 11 is 7.40. The lowest BCUT2D eigenvalue weighted by Gasteiger charge is -2.05. The Labute approximate surface area is 119 Å². The summed E-state index contributed by atoms with van der Waals surface area (Å²) in [7, 11) is 0. The molecule has 0 unspecified atom stereocenters. The van der Waals surface area contributed by atoms with E-state index in [2.05, 4.69) is 9.97 Å². The third-order valence-electron chi connectivity index (χ3n) is 2.15. The molecule has 0 aliphatic heterocycles. The topological polar surface area (TPSA) is 61.0 Å². The predicted molar refractivity (Wildman–Crippen MR) is 74.1 cm³/mol. The van der Waals surface area contributed by atoms with Gasteiger partial charge in [0, 0.05) is 15.7 Å². The number of nitrogens with zero attached hydrogens (tertiary/aromatic N) is 2. The lowest BCUT2D eigenvalue weighted by atomic mass is 10.4. The number of nitrogens with two attached hydrogens (primary N) is 1. The Morgan fingerprint density at radius 1 is 1.32 bits per heavy atom. The van der Waals surface area contributed by atoms with Crippen LogP contribution in [-0.4, -0.2) is 22.3 Å². The molecule has 2 aromatic rings. The number of hydrogen-bond acceptors (Lipinski definition) is 5. The maximum Gasteiger partial charge on any atom is 0.318 e. The van der Waals surface area contributed by atoms with Gasteiger partial charge in [-0.05, 0) is 24.3 Å². The molecule has 0 spiro atoms. The Hall–Kier alpha value is -1.53. The quantitative estimate of drug-likeness (QED) is 0.679. The van der Waals surface area contributed by atoms with E-state index in [1.807, 2.05) is 24.3 Å². The normalized spacial score (nSPS) is 10.4. The summed E-state index contributed by atoms with van der Waals surface area (Å²) in [6.45, 7) is 0.401. The van der Waals surface area contributed by atoms with Crippen LogP contribution in [-0.2, 0) is 0 Å². The van der Waals surface area contributed by atoms with Crippen LogP contribution >= 0.6 is 23.4 Å². The maximum atomic E-state index is 12.8. The maximum absolute atomic E-state index is 12.8. The molecule has 0 fully saturated rings. The number of ether oxygens (including phenoxy) is 1. The van der Waals surface area contributed by atoms with E-state index in [-0.39, 0.29) is 11.8 Å². The van der Waals surface area contributed by atoms with Crippen molar-refractivity contribution < 1.29 is 9.13 Å². The van der Waals surface area contributed by atoms with Crippen LogP contribution in [0.4, 0.5) is 10.2 Å². The molecule has 0 atom stereocenters. The average molecular weight is 300 g/mol. The molecule has 0 saturated heterocycles. The first kappa shape index (κ1) is 13.9. The number of thioether (sulfide) groups is 1. The second-order valence-corrected chi connectivity index (χ2v) is 5.14. The van der Waals surface area contributed by atoms with E-state index in [1.54, 1.807) is 11.8 Å². The van der Waals surface area contributed by atoms with Gasteiger partial charge in [-0.15, -0.1) is 11.8 Å². The Morgan fingerprint density at radius 3 is 2.74 bits per heavy atom. The fourth-order valence-electron chi connectivity index (χ4n) is 1.26. The lowest BCUT2D eigenvalue weighted by molar-refractivity contribution is 0.315. The molecule has 2 rings (SSSR count). The van der Waals surface area contributed by atoms with Gasteiger partial charge in [-0.25, -0.2) is 9.37 Å². The molecule has 0 aliphatic rings. The molecule has 4 nitrogen and oxygen atoms in total. The largest absolute Gasteiger partial charge is 0.463 e.